The molecule has 60 valence electrons. The van der Waals surface area contributed by atoms with Crippen LogP contribution in [0.3, 0.4) is 0 Å². The van der Waals surface area contributed by atoms with Crippen LogP contribution in [0.5, 0.6) is 0 Å². The summed E-state index contributed by atoms with van der Waals surface area (Å²) in [6.45, 7) is 3.11. The number of halogens is 1. The highest BCUT2D eigenvalue weighted by atomic mass is 19.1. The van der Waals surface area contributed by atoms with Gasteiger partial charge in [0.25, 0.3) is 0 Å². The van der Waals surface area contributed by atoms with Crippen molar-refractivity contribution in [2.45, 2.75) is 44.8 Å². The molecule has 0 aliphatic heterocycles. The molecule has 1 nitrogen and oxygen atoms in total. The van der Waals surface area contributed by atoms with Gasteiger partial charge in [-0.15, -0.1) is 0 Å². The van der Waals surface area contributed by atoms with Crippen LogP contribution in [0, 0.1) is 5.92 Å². The first-order chi connectivity index (χ1) is 4.50. The van der Waals surface area contributed by atoms with Gasteiger partial charge in [-0.1, -0.05) is 12.8 Å². The first-order valence-corrected chi connectivity index (χ1v) is 3.94. The van der Waals surface area contributed by atoms with E-state index in [9.17, 15) is 4.39 Å². The van der Waals surface area contributed by atoms with Crippen LogP contribution < -0.4 is 5.73 Å². The molecule has 0 spiro atoms. The topological polar surface area (TPSA) is 26.0 Å². The second-order valence-corrected chi connectivity index (χ2v) is 3.85. The monoisotopic (exact) mass is 145 g/mol. The summed E-state index contributed by atoms with van der Waals surface area (Å²) in [6, 6.07) is -0.264. The lowest BCUT2D eigenvalue weighted by Crippen LogP contribution is -2.39. The maximum atomic E-state index is 13.0. The van der Waals surface area contributed by atoms with Gasteiger partial charge in [0.2, 0.25) is 0 Å². The summed E-state index contributed by atoms with van der Waals surface area (Å²) in [6.07, 6.45) is 3.37. The van der Waals surface area contributed by atoms with Gasteiger partial charge in [-0.25, -0.2) is 4.39 Å². The molecule has 0 saturated heterocycles. The third-order valence-corrected chi connectivity index (χ3v) is 2.17. The van der Waals surface area contributed by atoms with Crippen LogP contribution >= 0.6 is 0 Å². The third-order valence-electron chi connectivity index (χ3n) is 2.17. The summed E-state index contributed by atoms with van der Waals surface area (Å²) in [5, 5.41) is 0. The Kier molecular flexibility index (Phi) is 1.99. The number of hydrogen-bond donors (Lipinski definition) is 1. The van der Waals surface area contributed by atoms with Gasteiger partial charge in [0.15, 0.2) is 0 Å². The highest BCUT2D eigenvalue weighted by Crippen LogP contribution is 2.35. The molecule has 0 amide bonds. The number of hydrogen-bond acceptors (Lipinski definition) is 1. The molecule has 0 heterocycles. The van der Waals surface area contributed by atoms with Crippen LogP contribution in [0.1, 0.15) is 33.1 Å². The molecular formula is C8H16FN. The lowest BCUT2D eigenvalue weighted by atomic mass is 9.97. The second kappa shape index (κ2) is 2.50. The van der Waals surface area contributed by atoms with Crippen molar-refractivity contribution in [2.75, 3.05) is 0 Å². The predicted octanol–water partition coefficient (Wildman–Crippen LogP) is 1.86. The van der Waals surface area contributed by atoms with Crippen molar-refractivity contribution in [3.8, 4) is 0 Å². The fraction of sp³-hybridized carbons (Fsp3) is 1.00. The van der Waals surface area contributed by atoms with E-state index in [1.54, 1.807) is 13.8 Å². The average molecular weight is 145 g/mol. The highest BCUT2D eigenvalue weighted by molar-refractivity contribution is 4.87. The molecule has 1 aliphatic rings. The van der Waals surface area contributed by atoms with Gasteiger partial charge in [-0.2, -0.15) is 0 Å². The second-order valence-electron chi connectivity index (χ2n) is 3.85. The van der Waals surface area contributed by atoms with Gasteiger partial charge in [0.1, 0.15) is 5.67 Å². The minimum atomic E-state index is -1.19. The zero-order valence-corrected chi connectivity index (χ0v) is 6.73. The van der Waals surface area contributed by atoms with Crippen LogP contribution in [0.4, 0.5) is 4.39 Å². The van der Waals surface area contributed by atoms with E-state index in [0.717, 1.165) is 12.3 Å². The Hall–Kier alpha value is -0.110. The van der Waals surface area contributed by atoms with Gasteiger partial charge in [0, 0.05) is 6.04 Å². The maximum absolute atomic E-state index is 13.0. The smallest absolute Gasteiger partial charge is 0.120 e. The number of rotatable bonds is 3. The molecule has 1 atom stereocenters. The lowest BCUT2D eigenvalue weighted by Gasteiger charge is -2.22. The van der Waals surface area contributed by atoms with Crippen LogP contribution in [-0.2, 0) is 0 Å². The summed E-state index contributed by atoms with van der Waals surface area (Å²) in [5.74, 6) is 0.727. The molecule has 0 bridgehead atoms. The number of nitrogens with two attached hydrogens (primary N) is 1. The van der Waals surface area contributed by atoms with Crippen LogP contribution in [0.25, 0.3) is 0 Å². The van der Waals surface area contributed by atoms with Gasteiger partial charge < -0.3 is 5.73 Å². The van der Waals surface area contributed by atoms with Crippen LogP contribution in [0.2, 0.25) is 0 Å². The van der Waals surface area contributed by atoms with Gasteiger partial charge in [0.05, 0.1) is 0 Å². The molecule has 2 heteroatoms. The van der Waals surface area contributed by atoms with Crippen molar-refractivity contribution in [1.82, 2.24) is 0 Å². The molecule has 0 aromatic heterocycles. The molecule has 1 unspecified atom stereocenters. The van der Waals surface area contributed by atoms with Gasteiger partial charge in [-0.3, -0.25) is 0 Å². The van der Waals surface area contributed by atoms with Gasteiger partial charge >= 0.3 is 0 Å². The van der Waals surface area contributed by atoms with E-state index in [4.69, 9.17) is 5.73 Å². The quantitative estimate of drug-likeness (QED) is 0.644. The fourth-order valence-corrected chi connectivity index (χ4v) is 0.993. The zero-order valence-electron chi connectivity index (χ0n) is 6.73. The molecule has 10 heavy (non-hydrogen) atoms. The normalized spacial score (nSPS) is 22.8. The van der Waals surface area contributed by atoms with Crippen molar-refractivity contribution in [1.29, 1.82) is 0 Å². The molecule has 1 fully saturated rings. The molecule has 1 saturated carbocycles. The van der Waals surface area contributed by atoms with Crippen molar-refractivity contribution in [3.05, 3.63) is 0 Å². The minimum Gasteiger partial charge on any atom is -0.325 e. The Morgan fingerprint density at radius 1 is 1.60 bits per heavy atom. The molecular weight excluding hydrogens is 129 g/mol. The average Bonchev–Trinajstić information content (AvgIpc) is 2.47. The van der Waals surface area contributed by atoms with Crippen molar-refractivity contribution < 1.29 is 4.39 Å². The molecule has 0 aromatic rings. The highest BCUT2D eigenvalue weighted by Gasteiger charge is 2.32. The van der Waals surface area contributed by atoms with Crippen molar-refractivity contribution in [3.63, 3.8) is 0 Å². The van der Waals surface area contributed by atoms with E-state index >= 15 is 0 Å². The molecule has 0 radical (unpaired) electrons. The van der Waals surface area contributed by atoms with E-state index in [1.165, 1.54) is 12.8 Å². The largest absolute Gasteiger partial charge is 0.325 e. The predicted molar refractivity (Wildman–Crippen MR) is 40.5 cm³/mol. The summed E-state index contributed by atoms with van der Waals surface area (Å²) in [4.78, 5) is 0. The summed E-state index contributed by atoms with van der Waals surface area (Å²) >= 11 is 0. The molecule has 1 aliphatic carbocycles. The maximum Gasteiger partial charge on any atom is 0.120 e. The zero-order chi connectivity index (χ0) is 7.78. The molecule has 1 rings (SSSR count). The Balaban J connectivity index is 2.25. The summed E-state index contributed by atoms with van der Waals surface area (Å²) in [7, 11) is 0. The third kappa shape index (κ3) is 2.25. The van der Waals surface area contributed by atoms with E-state index in [2.05, 4.69) is 0 Å². The first-order valence-electron chi connectivity index (χ1n) is 3.94. The lowest BCUT2D eigenvalue weighted by molar-refractivity contribution is 0.163. The Bertz CT molecular complexity index is 113. The molecule has 2 N–H and O–H groups in total. The Morgan fingerprint density at radius 2 is 2.10 bits per heavy atom. The molecule has 0 aromatic carbocycles. The standard InChI is InChI=1S/C8H16FN/c1-8(2,9)7(10)5-6-3-4-6/h6-7H,3-5,10H2,1-2H3. The van der Waals surface area contributed by atoms with Crippen LogP contribution in [-0.4, -0.2) is 11.7 Å². The summed E-state index contributed by atoms with van der Waals surface area (Å²) < 4.78 is 13.0. The van der Waals surface area contributed by atoms with E-state index in [0.29, 0.717) is 0 Å². The number of alkyl halides is 1. The first kappa shape index (κ1) is 7.99. The van der Waals surface area contributed by atoms with Crippen molar-refractivity contribution >= 4 is 0 Å². The van der Waals surface area contributed by atoms with Gasteiger partial charge in [-0.05, 0) is 26.2 Å². The fourth-order valence-electron chi connectivity index (χ4n) is 0.993. The van der Waals surface area contributed by atoms with E-state index in [-0.39, 0.29) is 6.04 Å². The Labute approximate surface area is 61.8 Å². The Morgan fingerprint density at radius 3 is 2.40 bits per heavy atom. The summed E-state index contributed by atoms with van der Waals surface area (Å²) in [5.41, 5.74) is 4.42. The van der Waals surface area contributed by atoms with E-state index < -0.39 is 5.67 Å². The van der Waals surface area contributed by atoms with E-state index in [1.807, 2.05) is 0 Å². The SMILES string of the molecule is CC(C)(F)C(N)CC1CC1. The van der Waals surface area contributed by atoms with Crippen LogP contribution in [0.15, 0.2) is 0 Å². The minimum absolute atomic E-state index is 0.264. The van der Waals surface area contributed by atoms with Crippen molar-refractivity contribution in [2.24, 2.45) is 11.7 Å².